The lowest BCUT2D eigenvalue weighted by atomic mass is 10.1. The molecule has 4 heteroatoms. The fourth-order valence-corrected chi connectivity index (χ4v) is 1.68. The van der Waals surface area contributed by atoms with Gasteiger partial charge in [-0.25, -0.2) is 0 Å². The third-order valence-corrected chi connectivity index (χ3v) is 3.08. The highest BCUT2D eigenvalue weighted by molar-refractivity contribution is 5.74. The molecule has 0 radical (unpaired) electrons. The first-order valence-corrected chi connectivity index (χ1v) is 6.86. The van der Waals surface area contributed by atoms with Crippen molar-refractivity contribution >= 4 is 11.9 Å². The Morgan fingerprint density at radius 3 is 2.57 bits per heavy atom. The van der Waals surface area contributed by atoms with Crippen LogP contribution in [0.5, 0.6) is 5.75 Å². The van der Waals surface area contributed by atoms with E-state index < -0.39 is 12.1 Å². The Balaban J connectivity index is 2.37. The zero-order valence-electron chi connectivity index (χ0n) is 12.6. The van der Waals surface area contributed by atoms with Crippen LogP contribution in [0.4, 0.5) is 0 Å². The fraction of sp³-hybridized carbons (Fsp3) is 0.412. The van der Waals surface area contributed by atoms with Gasteiger partial charge in [-0.15, -0.1) is 6.42 Å². The van der Waals surface area contributed by atoms with Crippen LogP contribution in [0.3, 0.4) is 0 Å². The number of terminal acetylenes is 1. The highest BCUT2D eigenvalue weighted by Crippen LogP contribution is 2.21. The van der Waals surface area contributed by atoms with E-state index in [2.05, 4.69) is 5.92 Å². The average Bonchev–Trinajstić information content (AvgIpc) is 2.43. The Kier molecular flexibility index (Phi) is 6.48. The van der Waals surface area contributed by atoms with E-state index in [-0.39, 0.29) is 18.8 Å². The van der Waals surface area contributed by atoms with Crippen molar-refractivity contribution in [3.05, 3.63) is 29.3 Å². The Morgan fingerprint density at radius 1 is 1.24 bits per heavy atom. The average molecular weight is 288 g/mol. The van der Waals surface area contributed by atoms with Crippen molar-refractivity contribution in [3.8, 4) is 18.1 Å². The number of carbonyl (C=O) groups is 2. The minimum Gasteiger partial charge on any atom is -0.449 e. The first-order chi connectivity index (χ1) is 9.93. The number of esters is 2. The molecule has 1 unspecified atom stereocenters. The molecule has 112 valence electrons. The largest absolute Gasteiger partial charge is 0.449 e. The van der Waals surface area contributed by atoms with E-state index in [0.29, 0.717) is 12.2 Å². The van der Waals surface area contributed by atoms with Gasteiger partial charge in [0.25, 0.3) is 0 Å². The van der Waals surface area contributed by atoms with Crippen molar-refractivity contribution in [3.63, 3.8) is 0 Å². The van der Waals surface area contributed by atoms with Gasteiger partial charge in [-0.2, -0.15) is 0 Å². The molecule has 4 nitrogen and oxygen atoms in total. The second-order valence-electron chi connectivity index (χ2n) is 4.82. The van der Waals surface area contributed by atoms with Crippen LogP contribution in [0.2, 0.25) is 0 Å². The number of carbonyl (C=O) groups excluding carboxylic acids is 2. The summed E-state index contributed by atoms with van der Waals surface area (Å²) >= 11 is 0. The smallest absolute Gasteiger partial charge is 0.311 e. The third kappa shape index (κ3) is 5.70. The van der Waals surface area contributed by atoms with Gasteiger partial charge in [0, 0.05) is 12.8 Å². The molecule has 0 saturated carbocycles. The third-order valence-electron chi connectivity index (χ3n) is 3.08. The molecule has 0 aliphatic carbocycles. The number of benzene rings is 1. The normalized spacial score (nSPS) is 11.3. The lowest BCUT2D eigenvalue weighted by Crippen LogP contribution is -2.14. The molecule has 0 heterocycles. The Bertz CT molecular complexity index is 554. The number of aryl methyl sites for hydroxylation is 1. The number of hydrogen-bond acceptors (Lipinski definition) is 4. The molecule has 1 rings (SSSR count). The summed E-state index contributed by atoms with van der Waals surface area (Å²) in [4.78, 5) is 23.1. The van der Waals surface area contributed by atoms with Crippen molar-refractivity contribution in [1.82, 2.24) is 0 Å². The van der Waals surface area contributed by atoms with Gasteiger partial charge < -0.3 is 9.47 Å². The van der Waals surface area contributed by atoms with Gasteiger partial charge in [0.1, 0.15) is 5.75 Å². The van der Waals surface area contributed by atoms with E-state index in [9.17, 15) is 9.59 Å². The first kappa shape index (κ1) is 16.8. The Morgan fingerprint density at radius 2 is 1.90 bits per heavy atom. The van der Waals surface area contributed by atoms with Crippen molar-refractivity contribution in [2.75, 3.05) is 0 Å². The van der Waals surface area contributed by atoms with Crippen molar-refractivity contribution < 1.29 is 19.1 Å². The molecule has 0 spiro atoms. The predicted octanol–water partition coefficient (Wildman–Crippen LogP) is 2.94. The van der Waals surface area contributed by atoms with Crippen LogP contribution in [0.15, 0.2) is 18.2 Å². The van der Waals surface area contributed by atoms with Crippen LogP contribution in [0, 0.1) is 26.2 Å². The molecule has 0 saturated heterocycles. The lowest BCUT2D eigenvalue weighted by Gasteiger charge is -2.09. The molecule has 1 aromatic rings. The minimum absolute atomic E-state index is 0.147. The highest BCUT2D eigenvalue weighted by Gasteiger charge is 2.11. The number of ether oxygens (including phenoxy) is 2. The monoisotopic (exact) mass is 288 g/mol. The summed E-state index contributed by atoms with van der Waals surface area (Å²) < 4.78 is 10.2. The Labute approximate surface area is 125 Å². The molecule has 0 aliphatic heterocycles. The predicted molar refractivity (Wildman–Crippen MR) is 79.8 cm³/mol. The molecule has 0 aliphatic rings. The molecule has 0 N–H and O–H groups in total. The van der Waals surface area contributed by atoms with E-state index in [1.807, 2.05) is 26.0 Å². The van der Waals surface area contributed by atoms with Crippen LogP contribution in [-0.2, 0) is 14.3 Å². The van der Waals surface area contributed by atoms with E-state index in [4.69, 9.17) is 15.9 Å². The van der Waals surface area contributed by atoms with Crippen LogP contribution >= 0.6 is 0 Å². The molecule has 21 heavy (non-hydrogen) atoms. The van der Waals surface area contributed by atoms with E-state index >= 15 is 0 Å². The maximum absolute atomic E-state index is 11.7. The quantitative estimate of drug-likeness (QED) is 0.459. The Hall–Kier alpha value is -2.28. The zero-order valence-corrected chi connectivity index (χ0v) is 12.6. The topological polar surface area (TPSA) is 52.6 Å². The van der Waals surface area contributed by atoms with Crippen molar-refractivity contribution in [2.45, 2.75) is 46.1 Å². The van der Waals surface area contributed by atoms with Gasteiger partial charge in [0.05, 0.1) is 0 Å². The summed E-state index contributed by atoms with van der Waals surface area (Å²) in [7, 11) is 0. The standard InChI is InChI=1S/C17H20O4/c1-5-13(3)20-16(18)10-7-11-17(19)21-15-9-6-8-12(2)14(15)4/h1,6,8-9,13H,7,10-11H2,2-4H3. The van der Waals surface area contributed by atoms with E-state index in [1.165, 1.54) is 0 Å². The summed E-state index contributed by atoms with van der Waals surface area (Å²) in [6, 6.07) is 5.54. The minimum atomic E-state index is -0.542. The molecule has 0 bridgehead atoms. The van der Waals surface area contributed by atoms with E-state index in [0.717, 1.165) is 11.1 Å². The second-order valence-corrected chi connectivity index (χ2v) is 4.82. The van der Waals surface area contributed by atoms with Crippen molar-refractivity contribution in [1.29, 1.82) is 0 Å². The zero-order chi connectivity index (χ0) is 15.8. The summed E-state index contributed by atoms with van der Waals surface area (Å²) in [6.07, 6.45) is 5.25. The van der Waals surface area contributed by atoms with Gasteiger partial charge in [0.15, 0.2) is 6.10 Å². The molecule has 0 fully saturated rings. The second kappa shape index (κ2) is 8.11. The van der Waals surface area contributed by atoms with Crippen LogP contribution < -0.4 is 4.74 Å². The van der Waals surface area contributed by atoms with Crippen LogP contribution in [0.25, 0.3) is 0 Å². The van der Waals surface area contributed by atoms with Gasteiger partial charge in [-0.1, -0.05) is 18.1 Å². The van der Waals surface area contributed by atoms with Crippen LogP contribution in [0.1, 0.15) is 37.3 Å². The van der Waals surface area contributed by atoms with Crippen molar-refractivity contribution in [2.24, 2.45) is 0 Å². The number of hydrogen-bond donors (Lipinski definition) is 0. The SMILES string of the molecule is C#CC(C)OC(=O)CCCC(=O)Oc1cccc(C)c1C. The highest BCUT2D eigenvalue weighted by atomic mass is 16.5. The maximum Gasteiger partial charge on any atom is 0.311 e. The lowest BCUT2D eigenvalue weighted by molar-refractivity contribution is -0.146. The molecular formula is C17H20O4. The first-order valence-electron chi connectivity index (χ1n) is 6.86. The molecule has 0 amide bonds. The fourth-order valence-electron chi connectivity index (χ4n) is 1.68. The number of rotatable bonds is 6. The summed E-state index contributed by atoms with van der Waals surface area (Å²) in [5.74, 6) is 2.10. The maximum atomic E-state index is 11.7. The molecule has 1 aromatic carbocycles. The van der Waals surface area contributed by atoms with Gasteiger partial charge in [0.2, 0.25) is 0 Å². The summed E-state index contributed by atoms with van der Waals surface area (Å²) in [5, 5.41) is 0. The van der Waals surface area contributed by atoms with Gasteiger partial charge in [-0.3, -0.25) is 9.59 Å². The van der Waals surface area contributed by atoms with Crippen LogP contribution in [-0.4, -0.2) is 18.0 Å². The van der Waals surface area contributed by atoms with E-state index in [1.54, 1.807) is 13.0 Å². The van der Waals surface area contributed by atoms with Gasteiger partial charge >= 0.3 is 11.9 Å². The molecular weight excluding hydrogens is 268 g/mol. The van der Waals surface area contributed by atoms with Gasteiger partial charge in [-0.05, 0) is 44.4 Å². The summed E-state index contributed by atoms with van der Waals surface area (Å²) in [6.45, 7) is 5.47. The summed E-state index contributed by atoms with van der Waals surface area (Å²) in [5.41, 5.74) is 2.00. The molecule has 0 aromatic heterocycles. The molecule has 1 atom stereocenters.